The third-order valence-corrected chi connectivity index (χ3v) is 4.92. The van der Waals surface area contributed by atoms with E-state index in [1.54, 1.807) is 0 Å². The van der Waals surface area contributed by atoms with Crippen LogP contribution in [0.4, 0.5) is 0 Å². The molecule has 134 valence electrons. The number of nitrogens with one attached hydrogen (secondary N) is 1. The molecule has 0 saturated carbocycles. The van der Waals surface area contributed by atoms with Crippen LogP contribution in [0.3, 0.4) is 0 Å². The van der Waals surface area contributed by atoms with E-state index in [-0.39, 0.29) is 16.9 Å². The Balaban J connectivity index is 1.72. The molecule has 0 bridgehead atoms. The minimum atomic E-state index is -3.25. The molecule has 1 atom stereocenters. The van der Waals surface area contributed by atoms with Crippen LogP contribution in [0.2, 0.25) is 0 Å². The third-order valence-electron chi connectivity index (χ3n) is 3.79. The Bertz CT molecular complexity index is 786. The van der Waals surface area contributed by atoms with Crippen molar-refractivity contribution in [3.63, 3.8) is 0 Å². The normalized spacial score (nSPS) is 12.6. The van der Waals surface area contributed by atoms with Crippen LogP contribution in [0, 0.1) is 0 Å². The van der Waals surface area contributed by atoms with Crippen molar-refractivity contribution in [1.29, 1.82) is 0 Å². The zero-order valence-corrected chi connectivity index (χ0v) is 15.3. The largest absolute Gasteiger partial charge is 0.374 e. The van der Waals surface area contributed by atoms with E-state index >= 15 is 0 Å². The second-order valence-corrected chi connectivity index (χ2v) is 7.85. The van der Waals surface area contributed by atoms with Crippen molar-refractivity contribution < 1.29 is 17.9 Å². The van der Waals surface area contributed by atoms with Gasteiger partial charge < -0.3 is 10.1 Å². The van der Waals surface area contributed by atoms with Gasteiger partial charge in [-0.05, 0) is 43.2 Å². The number of amides is 1. The molecule has 6 heteroatoms. The van der Waals surface area contributed by atoms with Crippen LogP contribution in [-0.2, 0) is 14.6 Å². The Morgan fingerprint density at radius 3 is 2.32 bits per heavy atom. The first-order valence-corrected chi connectivity index (χ1v) is 10.0. The maximum atomic E-state index is 12.0. The van der Waals surface area contributed by atoms with Crippen LogP contribution in [-0.4, -0.2) is 33.7 Å². The summed E-state index contributed by atoms with van der Waals surface area (Å²) in [6.45, 7) is 3.04. The summed E-state index contributed by atoms with van der Waals surface area (Å²) < 4.78 is 28.6. The van der Waals surface area contributed by atoms with E-state index in [1.807, 2.05) is 37.3 Å². The Labute approximate surface area is 148 Å². The predicted octanol–water partition coefficient (Wildman–Crippen LogP) is 2.99. The van der Waals surface area contributed by atoms with Gasteiger partial charge in [0.2, 0.25) is 0 Å². The van der Waals surface area contributed by atoms with E-state index in [9.17, 15) is 13.2 Å². The van der Waals surface area contributed by atoms with Gasteiger partial charge >= 0.3 is 0 Å². The minimum Gasteiger partial charge on any atom is -0.374 e. The second kappa shape index (κ2) is 8.78. The molecule has 0 aliphatic carbocycles. The summed E-state index contributed by atoms with van der Waals surface area (Å²) in [5.74, 6) is -0.226. The predicted molar refractivity (Wildman–Crippen MR) is 97.3 cm³/mol. The summed E-state index contributed by atoms with van der Waals surface area (Å²) in [6.07, 6.45) is 1.85. The summed E-state index contributed by atoms with van der Waals surface area (Å²) in [5.41, 5.74) is 1.56. The highest BCUT2D eigenvalue weighted by Crippen LogP contribution is 2.15. The van der Waals surface area contributed by atoms with E-state index in [4.69, 9.17) is 4.74 Å². The lowest BCUT2D eigenvalue weighted by atomic mass is 10.1. The monoisotopic (exact) mass is 361 g/mol. The summed E-state index contributed by atoms with van der Waals surface area (Å²) in [7, 11) is -3.25. The minimum absolute atomic E-state index is 0.0143. The summed E-state index contributed by atoms with van der Waals surface area (Å²) >= 11 is 0. The number of carbonyl (C=O) groups is 1. The van der Waals surface area contributed by atoms with Gasteiger partial charge in [0.05, 0.1) is 11.0 Å². The van der Waals surface area contributed by atoms with Crippen molar-refractivity contribution in [3.8, 4) is 0 Å². The van der Waals surface area contributed by atoms with E-state index < -0.39 is 9.84 Å². The number of benzene rings is 2. The lowest BCUT2D eigenvalue weighted by Gasteiger charge is -2.13. The zero-order chi connectivity index (χ0) is 18.3. The van der Waals surface area contributed by atoms with Gasteiger partial charge in [0.25, 0.3) is 5.91 Å². The van der Waals surface area contributed by atoms with E-state index in [0.717, 1.165) is 11.8 Å². The molecule has 0 aliphatic rings. The molecule has 2 aromatic rings. The molecule has 5 nitrogen and oxygen atoms in total. The number of sulfone groups is 1. The highest BCUT2D eigenvalue weighted by Gasteiger charge is 2.10. The first-order valence-electron chi connectivity index (χ1n) is 8.13. The standard InChI is InChI=1S/C19H23NO4S/c1-15(16-7-4-3-5-8-16)24-14-6-13-20-19(21)17-9-11-18(12-10-17)25(2,22)23/h3-5,7-12,15H,6,13-14H2,1-2H3,(H,20,21)/t15-/m1/s1. The summed E-state index contributed by atoms with van der Waals surface area (Å²) in [6, 6.07) is 15.9. The van der Waals surface area contributed by atoms with Crippen LogP contribution in [0.1, 0.15) is 35.4 Å². The highest BCUT2D eigenvalue weighted by molar-refractivity contribution is 7.90. The Kier molecular flexibility index (Phi) is 6.73. The van der Waals surface area contributed by atoms with Gasteiger partial charge in [-0.15, -0.1) is 0 Å². The maximum absolute atomic E-state index is 12.0. The van der Waals surface area contributed by atoms with Gasteiger partial charge in [-0.1, -0.05) is 30.3 Å². The van der Waals surface area contributed by atoms with E-state index in [1.165, 1.54) is 24.3 Å². The molecule has 0 heterocycles. The summed E-state index contributed by atoms with van der Waals surface area (Å²) in [4.78, 5) is 12.2. The van der Waals surface area contributed by atoms with E-state index in [0.29, 0.717) is 25.1 Å². The van der Waals surface area contributed by atoms with Crippen molar-refractivity contribution >= 4 is 15.7 Å². The lowest BCUT2D eigenvalue weighted by molar-refractivity contribution is 0.0635. The number of carbonyl (C=O) groups excluding carboxylic acids is 1. The Hall–Kier alpha value is -2.18. The van der Waals surface area contributed by atoms with Crippen molar-refractivity contribution in [2.75, 3.05) is 19.4 Å². The van der Waals surface area contributed by atoms with Gasteiger partial charge in [0, 0.05) is 25.0 Å². The van der Waals surface area contributed by atoms with Gasteiger partial charge in [0.1, 0.15) is 0 Å². The van der Waals surface area contributed by atoms with Crippen LogP contribution in [0.25, 0.3) is 0 Å². The lowest BCUT2D eigenvalue weighted by Crippen LogP contribution is -2.25. The molecule has 2 rings (SSSR count). The van der Waals surface area contributed by atoms with E-state index in [2.05, 4.69) is 5.32 Å². The molecule has 0 unspecified atom stereocenters. The molecule has 0 radical (unpaired) electrons. The maximum Gasteiger partial charge on any atom is 0.251 e. The Morgan fingerprint density at radius 1 is 1.08 bits per heavy atom. The molecule has 0 saturated heterocycles. The number of hydrogen-bond acceptors (Lipinski definition) is 4. The van der Waals surface area contributed by atoms with Crippen molar-refractivity contribution in [2.45, 2.75) is 24.3 Å². The SMILES string of the molecule is C[C@@H](OCCCNC(=O)c1ccc(S(C)(=O)=O)cc1)c1ccccc1. The van der Waals surface area contributed by atoms with Gasteiger partial charge in [0.15, 0.2) is 9.84 Å². The fourth-order valence-electron chi connectivity index (χ4n) is 2.31. The molecular weight excluding hydrogens is 338 g/mol. The molecule has 2 aromatic carbocycles. The topological polar surface area (TPSA) is 72.5 Å². The van der Waals surface area contributed by atoms with Crippen LogP contribution in [0.5, 0.6) is 0 Å². The molecule has 25 heavy (non-hydrogen) atoms. The van der Waals surface area contributed by atoms with Crippen molar-refractivity contribution in [3.05, 3.63) is 65.7 Å². The van der Waals surface area contributed by atoms with Crippen molar-refractivity contribution in [1.82, 2.24) is 5.32 Å². The third kappa shape index (κ3) is 5.99. The number of ether oxygens (including phenoxy) is 1. The van der Waals surface area contributed by atoms with Crippen LogP contribution >= 0.6 is 0 Å². The van der Waals surface area contributed by atoms with Gasteiger partial charge in [-0.25, -0.2) is 8.42 Å². The fraction of sp³-hybridized carbons (Fsp3) is 0.316. The molecule has 1 N–H and O–H groups in total. The molecule has 0 aliphatic heterocycles. The number of rotatable bonds is 8. The van der Waals surface area contributed by atoms with Gasteiger partial charge in [-0.3, -0.25) is 4.79 Å². The first-order chi connectivity index (χ1) is 11.9. The van der Waals surface area contributed by atoms with Crippen LogP contribution < -0.4 is 5.32 Å². The first kappa shape index (κ1) is 19.1. The smallest absolute Gasteiger partial charge is 0.251 e. The molecule has 0 spiro atoms. The van der Waals surface area contributed by atoms with Gasteiger partial charge in [-0.2, -0.15) is 0 Å². The number of hydrogen-bond donors (Lipinski definition) is 1. The average Bonchev–Trinajstić information content (AvgIpc) is 2.61. The van der Waals surface area contributed by atoms with Crippen molar-refractivity contribution in [2.24, 2.45) is 0 Å². The molecular formula is C19H23NO4S. The van der Waals surface area contributed by atoms with Crippen LogP contribution in [0.15, 0.2) is 59.5 Å². The zero-order valence-electron chi connectivity index (χ0n) is 14.4. The molecule has 1 amide bonds. The fourth-order valence-corrected chi connectivity index (χ4v) is 2.94. The summed E-state index contributed by atoms with van der Waals surface area (Å²) in [5, 5.41) is 2.80. The Morgan fingerprint density at radius 2 is 1.72 bits per heavy atom. The average molecular weight is 361 g/mol. The molecule has 0 aromatic heterocycles. The second-order valence-electron chi connectivity index (χ2n) is 5.83. The highest BCUT2D eigenvalue weighted by atomic mass is 32.2. The quantitative estimate of drug-likeness (QED) is 0.734. The molecule has 0 fully saturated rings.